The lowest BCUT2D eigenvalue weighted by atomic mass is 10.0. The predicted molar refractivity (Wildman–Crippen MR) is 119 cm³/mol. The largest absolute Gasteiger partial charge is 0.303 e. The summed E-state index contributed by atoms with van der Waals surface area (Å²) in [5, 5.41) is 10.2. The van der Waals surface area contributed by atoms with E-state index in [0.29, 0.717) is 0 Å². The molecule has 0 aromatic carbocycles. The van der Waals surface area contributed by atoms with Gasteiger partial charge in [0.15, 0.2) is 0 Å². The van der Waals surface area contributed by atoms with Crippen molar-refractivity contribution in [2.75, 3.05) is 6.54 Å². The van der Waals surface area contributed by atoms with Gasteiger partial charge in [0.25, 0.3) is 0 Å². The Morgan fingerprint density at radius 3 is 1.18 bits per heavy atom. The van der Waals surface area contributed by atoms with Gasteiger partial charge in [0.1, 0.15) is 6.29 Å². The molecule has 0 N–H and O–H groups in total. The number of carbonyl (C=O) groups excluding carboxylic acids is 1. The molecule has 4 heteroatoms. The molecule has 0 saturated heterocycles. The number of aldehydes is 1. The highest BCUT2D eigenvalue weighted by atomic mass is 16.6. The third kappa shape index (κ3) is 24.8. The van der Waals surface area contributed by atoms with Crippen LogP contribution in [0.15, 0.2) is 12.2 Å². The molecule has 164 valence electrons. The van der Waals surface area contributed by atoms with Gasteiger partial charge in [-0.3, -0.25) is 10.1 Å². The maximum atomic E-state index is 10.2. The van der Waals surface area contributed by atoms with Crippen molar-refractivity contribution in [3.8, 4) is 0 Å². The Morgan fingerprint density at radius 2 is 0.821 bits per heavy atom. The van der Waals surface area contributed by atoms with Crippen LogP contribution in [0.3, 0.4) is 0 Å². The van der Waals surface area contributed by atoms with Crippen LogP contribution in [0.5, 0.6) is 0 Å². The van der Waals surface area contributed by atoms with Crippen molar-refractivity contribution in [1.82, 2.24) is 0 Å². The summed E-state index contributed by atoms with van der Waals surface area (Å²) in [6.07, 6.45) is 30.0. The van der Waals surface area contributed by atoms with Crippen molar-refractivity contribution in [3.63, 3.8) is 0 Å². The average Bonchev–Trinajstić information content (AvgIpc) is 2.68. The van der Waals surface area contributed by atoms with Gasteiger partial charge in [-0.15, -0.1) is 0 Å². The van der Waals surface area contributed by atoms with Crippen LogP contribution in [0, 0.1) is 10.1 Å². The van der Waals surface area contributed by atoms with Gasteiger partial charge in [0.2, 0.25) is 6.54 Å². The molecule has 28 heavy (non-hydrogen) atoms. The predicted octanol–water partition coefficient (Wildman–Crippen LogP) is 7.82. The summed E-state index contributed by atoms with van der Waals surface area (Å²) >= 11 is 0. The molecule has 0 atom stereocenters. The highest BCUT2D eigenvalue weighted by Gasteiger charge is 1.96. The Morgan fingerprint density at radius 1 is 0.500 bits per heavy atom. The Hall–Kier alpha value is -1.19. The highest BCUT2D eigenvalue weighted by molar-refractivity contribution is 5.48. The van der Waals surface area contributed by atoms with Crippen molar-refractivity contribution >= 4 is 6.29 Å². The van der Waals surface area contributed by atoms with Crippen molar-refractivity contribution in [2.24, 2.45) is 0 Å². The van der Waals surface area contributed by atoms with E-state index in [-0.39, 0.29) is 11.5 Å². The number of nitrogens with zero attached hydrogens (tertiary/aromatic N) is 1. The molecule has 0 aliphatic heterocycles. The third-order valence-electron chi connectivity index (χ3n) is 5.32. The van der Waals surface area contributed by atoms with Gasteiger partial charge in [-0.2, -0.15) is 0 Å². The van der Waals surface area contributed by atoms with E-state index < -0.39 is 0 Å². The molecule has 0 amide bonds. The van der Waals surface area contributed by atoms with Crippen LogP contribution >= 0.6 is 0 Å². The summed E-state index contributed by atoms with van der Waals surface area (Å²) < 4.78 is 0. The molecule has 0 saturated carbocycles. The van der Waals surface area contributed by atoms with E-state index in [1.54, 1.807) is 0 Å². The number of carbonyl (C=O) groups is 1. The first kappa shape index (κ1) is 26.8. The minimum Gasteiger partial charge on any atom is -0.303 e. The summed E-state index contributed by atoms with van der Waals surface area (Å²) in [7, 11) is 0. The van der Waals surface area contributed by atoms with Gasteiger partial charge in [-0.1, -0.05) is 89.2 Å². The monoisotopic (exact) mass is 395 g/mol. The first-order valence-electron chi connectivity index (χ1n) is 12.0. The lowest BCUT2D eigenvalue weighted by Crippen LogP contribution is -1.99. The maximum Gasteiger partial charge on any atom is 0.203 e. The summed E-state index contributed by atoms with van der Waals surface area (Å²) in [6.45, 7) is 0.132. The first-order valence-corrected chi connectivity index (χ1v) is 12.0. The number of allylic oxidation sites excluding steroid dienone is 2. The van der Waals surface area contributed by atoms with E-state index >= 15 is 0 Å². The summed E-state index contributed by atoms with van der Waals surface area (Å²) in [6, 6.07) is 0. The zero-order chi connectivity index (χ0) is 20.5. The number of unbranched alkanes of at least 4 members (excludes halogenated alkanes) is 18. The molecule has 0 heterocycles. The van der Waals surface area contributed by atoms with Crippen LogP contribution in [-0.4, -0.2) is 17.8 Å². The Bertz CT molecular complexity index is 369. The molecule has 0 radical (unpaired) electrons. The van der Waals surface area contributed by atoms with Gasteiger partial charge < -0.3 is 4.79 Å². The molecule has 4 nitrogen and oxygen atoms in total. The number of rotatable bonds is 23. The van der Waals surface area contributed by atoms with E-state index in [0.717, 1.165) is 38.4 Å². The standard InChI is InChI=1S/C24H45NO3/c26-24-22-20-18-16-14-12-10-8-6-4-2-1-3-5-7-9-11-13-15-17-19-21-23-25(27)28/h5,7,24H,1-4,6,8-23H2/b7-5-. The molecule has 0 aromatic rings. The fourth-order valence-corrected chi connectivity index (χ4v) is 3.53. The van der Waals surface area contributed by atoms with Crippen LogP contribution in [0.1, 0.15) is 128 Å². The lowest BCUT2D eigenvalue weighted by molar-refractivity contribution is -0.480. The second-order valence-electron chi connectivity index (χ2n) is 8.07. The van der Waals surface area contributed by atoms with Crippen molar-refractivity contribution in [1.29, 1.82) is 0 Å². The number of nitro groups is 1. The lowest BCUT2D eigenvalue weighted by Gasteiger charge is -2.02. The fourth-order valence-electron chi connectivity index (χ4n) is 3.53. The summed E-state index contributed by atoms with van der Waals surface area (Å²) in [4.78, 5) is 20.2. The zero-order valence-electron chi connectivity index (χ0n) is 18.3. The maximum absolute atomic E-state index is 10.2. The van der Waals surface area contributed by atoms with Crippen molar-refractivity contribution < 1.29 is 9.72 Å². The Balaban J connectivity index is 3.08. The molecule has 0 aliphatic carbocycles. The van der Waals surface area contributed by atoms with Gasteiger partial charge in [-0.25, -0.2) is 0 Å². The number of hydrogen-bond donors (Lipinski definition) is 0. The van der Waals surface area contributed by atoms with Gasteiger partial charge in [-0.05, 0) is 38.5 Å². The Kier molecular flexibility index (Phi) is 22.8. The fraction of sp³-hybridized carbons (Fsp3) is 0.875. The van der Waals surface area contributed by atoms with Crippen molar-refractivity contribution in [2.45, 2.75) is 128 Å². The van der Waals surface area contributed by atoms with E-state index in [4.69, 9.17) is 0 Å². The topological polar surface area (TPSA) is 60.2 Å². The average molecular weight is 396 g/mol. The number of hydrogen-bond acceptors (Lipinski definition) is 3. The van der Waals surface area contributed by atoms with E-state index in [2.05, 4.69) is 12.2 Å². The zero-order valence-corrected chi connectivity index (χ0v) is 18.3. The molecular weight excluding hydrogens is 350 g/mol. The molecule has 0 unspecified atom stereocenters. The van der Waals surface area contributed by atoms with Crippen LogP contribution in [0.2, 0.25) is 0 Å². The highest BCUT2D eigenvalue weighted by Crippen LogP contribution is 2.13. The molecule has 0 aromatic heterocycles. The van der Waals surface area contributed by atoms with Crippen LogP contribution < -0.4 is 0 Å². The van der Waals surface area contributed by atoms with Gasteiger partial charge >= 0.3 is 0 Å². The molecular formula is C24H45NO3. The third-order valence-corrected chi connectivity index (χ3v) is 5.32. The minimum atomic E-state index is -0.214. The molecule has 0 spiro atoms. The first-order chi connectivity index (χ1) is 13.8. The van der Waals surface area contributed by atoms with Crippen molar-refractivity contribution in [3.05, 3.63) is 22.3 Å². The van der Waals surface area contributed by atoms with E-state index in [1.165, 1.54) is 96.3 Å². The quantitative estimate of drug-likeness (QED) is 0.0582. The smallest absolute Gasteiger partial charge is 0.203 e. The van der Waals surface area contributed by atoms with Crippen LogP contribution in [0.25, 0.3) is 0 Å². The second kappa shape index (κ2) is 23.8. The second-order valence-corrected chi connectivity index (χ2v) is 8.07. The molecule has 0 fully saturated rings. The van der Waals surface area contributed by atoms with Gasteiger partial charge in [0.05, 0.1) is 0 Å². The normalized spacial score (nSPS) is 11.3. The molecule has 0 rings (SSSR count). The molecule has 0 bridgehead atoms. The van der Waals surface area contributed by atoms with Crippen LogP contribution in [-0.2, 0) is 4.79 Å². The van der Waals surface area contributed by atoms with Crippen LogP contribution in [0.4, 0.5) is 0 Å². The summed E-state index contributed by atoms with van der Waals surface area (Å²) in [5.74, 6) is 0. The van der Waals surface area contributed by atoms with Gasteiger partial charge in [0, 0.05) is 17.8 Å². The summed E-state index contributed by atoms with van der Waals surface area (Å²) in [5.41, 5.74) is 0. The Labute approximate surface area is 173 Å². The van der Waals surface area contributed by atoms with E-state index in [1.807, 2.05) is 0 Å². The SMILES string of the molecule is O=CCCCCCCCCCCCCC/C=C\CCCCCCCC[N+](=O)[O-]. The minimum absolute atomic E-state index is 0.132. The van der Waals surface area contributed by atoms with E-state index in [9.17, 15) is 14.9 Å². The molecule has 0 aliphatic rings.